The third-order valence-electron chi connectivity index (χ3n) is 1.90. The van der Waals surface area contributed by atoms with Crippen LogP contribution in [0.25, 0.3) is 4.95 Å². The Morgan fingerprint density at radius 1 is 1.88 bits per heavy atom. The number of guanidine groups is 1. The molecule has 0 amide bonds. The smallest absolute Gasteiger partial charge is 0.277 e. The van der Waals surface area contributed by atoms with Crippen molar-refractivity contribution in [2.45, 2.75) is 19.3 Å². The number of aryl methyl sites for hydroxylation is 1. The number of aromatic amines is 1. The lowest BCUT2D eigenvalue weighted by molar-refractivity contribution is 0.695. The highest BCUT2D eigenvalue weighted by atomic mass is 15.3. The number of nitrogens with zero attached hydrogens (tertiary/aromatic N) is 3. The Bertz CT molecular complexity index is 487. The van der Waals surface area contributed by atoms with E-state index in [-0.39, 0.29) is 12.3 Å². The van der Waals surface area contributed by atoms with E-state index in [2.05, 4.69) is 15.0 Å². The molecule has 16 heavy (non-hydrogen) atoms. The normalized spacial score (nSPS) is 14.4. The van der Waals surface area contributed by atoms with Gasteiger partial charge in [-0.2, -0.15) is 6.57 Å². The summed E-state index contributed by atoms with van der Waals surface area (Å²) >= 11 is 0. The fourth-order valence-corrected chi connectivity index (χ4v) is 1.13. The van der Waals surface area contributed by atoms with Crippen molar-refractivity contribution in [2.75, 3.05) is 13.6 Å². The van der Waals surface area contributed by atoms with Gasteiger partial charge in [-0.25, -0.2) is 4.98 Å². The molecule has 0 spiro atoms. The van der Waals surface area contributed by atoms with Crippen LogP contribution in [0.3, 0.4) is 0 Å². The van der Waals surface area contributed by atoms with E-state index in [0.29, 0.717) is 25.1 Å². The molecule has 6 nitrogen and oxygen atoms in total. The average Bonchev–Trinajstić information content (AvgIpc) is 2.70. The van der Waals surface area contributed by atoms with Gasteiger partial charge in [-0.3, -0.25) is 0 Å². The van der Waals surface area contributed by atoms with Crippen molar-refractivity contribution < 1.29 is 5.61 Å². The van der Waals surface area contributed by atoms with Gasteiger partial charge >= 0.3 is 0 Å². The predicted octanol–water partition coefficient (Wildman–Crippen LogP) is 0.732. The fourth-order valence-electron chi connectivity index (χ4n) is 1.13. The quantitative estimate of drug-likeness (QED) is 0.227. The van der Waals surface area contributed by atoms with E-state index in [0.717, 1.165) is 22.0 Å². The fraction of sp³-hybridized carbons (Fsp3) is 0.500. The van der Waals surface area contributed by atoms with E-state index >= 15 is 0 Å². The molecule has 6 heteroatoms. The van der Waals surface area contributed by atoms with Crippen molar-refractivity contribution in [1.29, 1.82) is 0 Å². The molecule has 0 aliphatic carbocycles. The van der Waals surface area contributed by atoms with Gasteiger partial charge < -0.3 is 15.6 Å². The number of imidazole rings is 1. The van der Waals surface area contributed by atoms with Crippen molar-refractivity contribution in [1.82, 2.24) is 20.6 Å². The zero-order valence-corrected chi connectivity index (χ0v) is 9.09. The summed E-state index contributed by atoms with van der Waals surface area (Å²) in [7, 11) is 1.40. The minimum Gasteiger partial charge on any atom is -0.354 e. The van der Waals surface area contributed by atoms with E-state index in [9.17, 15) is 0 Å². The maximum atomic E-state index is 7.70. The van der Waals surface area contributed by atoms with Gasteiger partial charge in [0.25, 0.3) is 5.96 Å². The van der Waals surface area contributed by atoms with Crippen LogP contribution >= 0.6 is 0 Å². The third kappa shape index (κ3) is 4.46. The van der Waals surface area contributed by atoms with E-state index in [1.807, 2.05) is 0 Å². The van der Waals surface area contributed by atoms with Crippen LogP contribution in [0.5, 0.6) is 0 Å². The van der Waals surface area contributed by atoms with Crippen molar-refractivity contribution in [3.63, 3.8) is 0 Å². The van der Waals surface area contributed by atoms with Gasteiger partial charge in [0.15, 0.2) is 4.24 Å². The summed E-state index contributed by atoms with van der Waals surface area (Å²) in [6.07, 6.45) is 3.41. The number of aromatic nitrogens is 2. The summed E-state index contributed by atoms with van der Waals surface area (Å²) in [5.41, 5.74) is 0.675. The number of hydrogen-bond donors (Lipinski definition) is 3. The number of H-pyrrole nitrogens is 1. The number of nitrogens with one attached hydrogen (secondary N) is 3. The molecular formula is C10H16N6. The van der Waals surface area contributed by atoms with Crippen LogP contribution in [0.4, 0.5) is 0 Å². The Kier molecular flexibility index (Phi) is 3.31. The molecule has 0 aliphatic rings. The summed E-state index contributed by atoms with van der Waals surface area (Å²) in [6, 6.07) is 0. The molecule has 0 aliphatic heterocycles. The second kappa shape index (κ2) is 7.29. The van der Waals surface area contributed by atoms with Crippen LogP contribution in [-0.2, 0) is 6.42 Å². The number of rotatable bonds is 5. The van der Waals surface area contributed by atoms with Crippen LogP contribution in [-0.4, -0.2) is 29.5 Å². The molecule has 0 saturated heterocycles. The second-order valence-electron chi connectivity index (χ2n) is 3.02. The predicted molar refractivity (Wildman–Crippen MR) is 62.6 cm³/mol. The maximum Gasteiger partial charge on any atom is 0.277 e. The zero-order chi connectivity index (χ0) is 15.1. The topological polar surface area (TPSA) is 69.5 Å². The van der Waals surface area contributed by atoms with E-state index in [1.165, 1.54) is 13.2 Å². The Balaban J connectivity index is 2.37. The van der Waals surface area contributed by atoms with Gasteiger partial charge in [-0.05, 0) is 19.3 Å². The Morgan fingerprint density at radius 3 is 3.38 bits per heavy atom. The lowest BCUT2D eigenvalue weighted by atomic mass is 10.2. The Hall–Kier alpha value is -2.03. The molecule has 1 aromatic heterocycles. The van der Waals surface area contributed by atoms with Gasteiger partial charge in [0.2, 0.25) is 0 Å². The number of unbranched alkanes of at least 4 members (excludes halogenated alkanes) is 1. The SMILES string of the molecule is [2H]c1nc(CCCCN([2H])/C(=N/[N+]#[C-])N([2H])C)cn1[2H]. The first-order valence-corrected chi connectivity index (χ1v) is 4.93. The molecule has 0 unspecified atom stereocenters. The largest absolute Gasteiger partial charge is 0.354 e. The van der Waals surface area contributed by atoms with Crippen LogP contribution in [0.1, 0.15) is 19.9 Å². The zero-order valence-electron chi connectivity index (χ0n) is 13.1. The first-order valence-electron chi connectivity index (χ1n) is 6.77. The minimum absolute atomic E-state index is 0.0242. The molecule has 1 heterocycles. The maximum absolute atomic E-state index is 7.70. The average molecular weight is 224 g/mol. The van der Waals surface area contributed by atoms with Crippen LogP contribution in [0.15, 0.2) is 17.6 Å². The van der Waals surface area contributed by atoms with Crippen molar-refractivity contribution in [2.24, 2.45) is 5.10 Å². The van der Waals surface area contributed by atoms with E-state index < -0.39 is 0 Å². The molecule has 1 rings (SSSR count). The first-order chi connectivity index (χ1) is 9.45. The van der Waals surface area contributed by atoms with E-state index in [4.69, 9.17) is 12.2 Å². The molecule has 0 saturated carbocycles. The summed E-state index contributed by atoms with van der Waals surface area (Å²) in [6.45, 7) is 6.98. The second-order valence-corrected chi connectivity index (χ2v) is 3.02. The summed E-state index contributed by atoms with van der Waals surface area (Å²) in [4.78, 5) is 7.63. The third-order valence-corrected chi connectivity index (χ3v) is 1.90. The molecule has 0 atom stereocenters. The molecule has 86 valence electrons. The monoisotopic (exact) mass is 224 g/mol. The molecular weight excluding hydrogens is 204 g/mol. The first kappa shape index (κ1) is 7.28. The highest BCUT2D eigenvalue weighted by molar-refractivity contribution is 5.79. The lowest BCUT2D eigenvalue weighted by Gasteiger charge is -2.04. The summed E-state index contributed by atoms with van der Waals surface area (Å²) in [5, 5.41) is 5.27. The van der Waals surface area contributed by atoms with Crippen LogP contribution < -0.4 is 10.6 Å². The summed E-state index contributed by atoms with van der Waals surface area (Å²) in [5.74, 6) is -0.0242. The van der Waals surface area contributed by atoms with E-state index in [1.54, 1.807) is 0 Å². The van der Waals surface area contributed by atoms with Crippen molar-refractivity contribution in [3.8, 4) is 0 Å². The molecule has 1 aromatic rings. The molecule has 3 N–H and O–H groups in total. The molecule has 0 aromatic carbocycles. The number of hydrogen-bond acceptors (Lipinski definition) is 2. The van der Waals surface area contributed by atoms with Gasteiger partial charge in [-0.15, -0.1) is 4.95 Å². The van der Waals surface area contributed by atoms with Gasteiger partial charge in [-0.1, -0.05) is 0 Å². The highest BCUT2D eigenvalue weighted by Crippen LogP contribution is 1.98. The summed E-state index contributed by atoms with van der Waals surface area (Å²) < 4.78 is 29.6. The molecule has 0 fully saturated rings. The lowest BCUT2D eigenvalue weighted by Crippen LogP contribution is -2.34. The highest BCUT2D eigenvalue weighted by Gasteiger charge is 1.98. The van der Waals surface area contributed by atoms with Crippen molar-refractivity contribution >= 4 is 5.96 Å². The van der Waals surface area contributed by atoms with Gasteiger partial charge in [0.1, 0.15) is 6.47 Å². The Labute approximate surface area is 101 Å². The van der Waals surface area contributed by atoms with Crippen LogP contribution in [0, 0.1) is 6.57 Å². The molecule has 0 radical (unpaired) electrons. The van der Waals surface area contributed by atoms with Crippen LogP contribution in [0.2, 0.25) is 4.24 Å². The molecule has 0 bridgehead atoms. The van der Waals surface area contributed by atoms with Crippen molar-refractivity contribution in [3.05, 3.63) is 29.7 Å². The minimum atomic E-state index is -0.0931. The standard InChI is InChI=1S/C10H16N6/c1-11-10(16-12-2)14-6-4-3-5-9-7-13-8-15-9/h7-8H,3-6H2,1H3,(H,13,15)(H2,11,14,16)/i8D/hD3. The van der Waals surface area contributed by atoms with Gasteiger partial charge in [0, 0.05) is 19.8 Å². The van der Waals surface area contributed by atoms with Gasteiger partial charge in [0.05, 0.1) is 12.0 Å². The Morgan fingerprint density at radius 2 is 2.75 bits per heavy atom.